The Balaban J connectivity index is 1.39. The van der Waals surface area contributed by atoms with Gasteiger partial charge in [0.1, 0.15) is 11.0 Å². The Hall–Kier alpha value is -1.46. The summed E-state index contributed by atoms with van der Waals surface area (Å²) in [5.41, 5.74) is 3.14. The van der Waals surface area contributed by atoms with Crippen LogP contribution in [0.5, 0.6) is 0 Å². The molecular weight excluding hydrogens is 238 g/mol. The van der Waals surface area contributed by atoms with Crippen molar-refractivity contribution in [2.24, 2.45) is 0 Å². The fourth-order valence-corrected chi connectivity index (χ4v) is 2.66. The molecule has 0 bridgehead atoms. The lowest BCUT2D eigenvalue weighted by Gasteiger charge is -2.14. The number of H-pyrrole nitrogens is 1. The van der Waals surface area contributed by atoms with Crippen LogP contribution in [-0.2, 0) is 6.54 Å². The van der Waals surface area contributed by atoms with Crippen molar-refractivity contribution >= 4 is 11.0 Å². The van der Waals surface area contributed by atoms with Crippen LogP contribution in [0.3, 0.4) is 0 Å². The molecule has 1 aliphatic heterocycles. The van der Waals surface area contributed by atoms with Crippen LogP contribution in [0.1, 0.15) is 24.8 Å². The topological polar surface area (TPSA) is 56.8 Å². The predicted molar refractivity (Wildman–Crippen MR) is 75.9 cm³/mol. The van der Waals surface area contributed by atoms with E-state index in [-0.39, 0.29) is 0 Å². The first-order chi connectivity index (χ1) is 9.42. The molecule has 0 spiro atoms. The van der Waals surface area contributed by atoms with Crippen molar-refractivity contribution < 1.29 is 0 Å². The van der Waals surface area contributed by atoms with Gasteiger partial charge in [0.2, 0.25) is 0 Å². The number of fused-ring (bicyclic) bond motifs is 1. The smallest absolute Gasteiger partial charge is 0.113 e. The number of hydrogen-bond donors (Lipinski definition) is 2. The highest BCUT2D eigenvalue weighted by Gasteiger charge is 2.09. The van der Waals surface area contributed by atoms with Crippen LogP contribution >= 0.6 is 0 Å². The van der Waals surface area contributed by atoms with Crippen LogP contribution in [0.4, 0.5) is 0 Å². The molecule has 0 saturated carbocycles. The average molecular weight is 259 g/mol. The van der Waals surface area contributed by atoms with E-state index < -0.39 is 0 Å². The van der Waals surface area contributed by atoms with Gasteiger partial charge in [0.05, 0.1) is 0 Å². The van der Waals surface area contributed by atoms with E-state index in [1.807, 2.05) is 6.07 Å². The summed E-state index contributed by atoms with van der Waals surface area (Å²) in [6.45, 7) is 5.80. The predicted octanol–water partition coefficient (Wildman–Crippen LogP) is 1.53. The first-order valence-corrected chi connectivity index (χ1v) is 7.14. The van der Waals surface area contributed by atoms with E-state index in [1.165, 1.54) is 44.5 Å². The van der Waals surface area contributed by atoms with Crippen molar-refractivity contribution in [3.8, 4) is 0 Å². The molecule has 3 rings (SSSR count). The maximum Gasteiger partial charge on any atom is 0.113 e. The fraction of sp³-hybridized carbons (Fsp3) is 0.571. The van der Waals surface area contributed by atoms with Gasteiger partial charge in [0.15, 0.2) is 0 Å². The number of hydrogen-bond acceptors (Lipinski definition) is 4. The quantitative estimate of drug-likeness (QED) is 0.773. The minimum Gasteiger partial charge on any atom is -0.313 e. The third-order valence-electron chi connectivity index (χ3n) is 3.74. The summed E-state index contributed by atoms with van der Waals surface area (Å²) in [5.74, 6) is 0. The maximum absolute atomic E-state index is 4.11. The van der Waals surface area contributed by atoms with E-state index in [2.05, 4.69) is 37.8 Å². The SMILES string of the molecule is c1cc2n[nH]nc2cc1CNCCCN1CCCC1. The number of nitrogens with zero attached hydrogens (tertiary/aromatic N) is 3. The van der Waals surface area contributed by atoms with Crippen LogP contribution in [0, 0.1) is 0 Å². The normalized spacial score (nSPS) is 16.4. The summed E-state index contributed by atoms with van der Waals surface area (Å²) >= 11 is 0. The maximum atomic E-state index is 4.11. The lowest BCUT2D eigenvalue weighted by Crippen LogP contribution is -2.24. The molecule has 5 nitrogen and oxygen atoms in total. The Bertz CT molecular complexity index is 515. The summed E-state index contributed by atoms with van der Waals surface area (Å²) in [7, 11) is 0. The van der Waals surface area contributed by atoms with Crippen molar-refractivity contribution in [3.63, 3.8) is 0 Å². The van der Waals surface area contributed by atoms with Crippen molar-refractivity contribution in [1.29, 1.82) is 0 Å². The number of aromatic amines is 1. The fourth-order valence-electron chi connectivity index (χ4n) is 2.66. The van der Waals surface area contributed by atoms with Crippen LogP contribution in [0.25, 0.3) is 11.0 Å². The summed E-state index contributed by atoms with van der Waals surface area (Å²) in [5, 5.41) is 14.3. The van der Waals surface area contributed by atoms with Gasteiger partial charge >= 0.3 is 0 Å². The summed E-state index contributed by atoms with van der Waals surface area (Å²) in [6, 6.07) is 6.21. The van der Waals surface area contributed by atoms with Gasteiger partial charge in [-0.25, -0.2) is 0 Å². The lowest BCUT2D eigenvalue weighted by molar-refractivity contribution is 0.331. The Labute approximate surface area is 113 Å². The Morgan fingerprint density at radius 1 is 1.16 bits per heavy atom. The first-order valence-electron chi connectivity index (χ1n) is 7.14. The number of likely N-dealkylation sites (tertiary alicyclic amines) is 1. The van der Waals surface area contributed by atoms with Crippen LogP contribution < -0.4 is 5.32 Å². The van der Waals surface area contributed by atoms with Gasteiger partial charge in [-0.3, -0.25) is 0 Å². The van der Waals surface area contributed by atoms with E-state index in [1.54, 1.807) is 0 Å². The van der Waals surface area contributed by atoms with Crippen LogP contribution in [0.2, 0.25) is 0 Å². The minimum absolute atomic E-state index is 0.906. The van der Waals surface area contributed by atoms with Gasteiger partial charge in [-0.1, -0.05) is 6.07 Å². The zero-order chi connectivity index (χ0) is 12.9. The molecule has 102 valence electrons. The molecule has 19 heavy (non-hydrogen) atoms. The summed E-state index contributed by atoms with van der Waals surface area (Å²) in [4.78, 5) is 2.56. The van der Waals surface area contributed by atoms with Gasteiger partial charge in [0.25, 0.3) is 0 Å². The van der Waals surface area contributed by atoms with Gasteiger partial charge in [0, 0.05) is 6.54 Å². The van der Waals surface area contributed by atoms with E-state index in [4.69, 9.17) is 0 Å². The highest BCUT2D eigenvalue weighted by atomic mass is 15.3. The number of aromatic nitrogens is 3. The number of rotatable bonds is 6. The second kappa shape index (κ2) is 6.12. The van der Waals surface area contributed by atoms with E-state index >= 15 is 0 Å². The van der Waals surface area contributed by atoms with Crippen molar-refractivity contribution in [3.05, 3.63) is 23.8 Å². The van der Waals surface area contributed by atoms with Crippen molar-refractivity contribution in [1.82, 2.24) is 25.6 Å². The van der Waals surface area contributed by atoms with E-state index in [9.17, 15) is 0 Å². The van der Waals surface area contributed by atoms with Crippen LogP contribution in [-0.4, -0.2) is 46.5 Å². The zero-order valence-electron chi connectivity index (χ0n) is 11.2. The zero-order valence-corrected chi connectivity index (χ0v) is 11.2. The Morgan fingerprint density at radius 3 is 2.89 bits per heavy atom. The molecule has 0 unspecified atom stereocenters. The number of benzene rings is 1. The van der Waals surface area contributed by atoms with Crippen molar-refractivity contribution in [2.45, 2.75) is 25.8 Å². The molecule has 5 heteroatoms. The molecular formula is C14H21N5. The average Bonchev–Trinajstić information content (AvgIpc) is 3.08. The molecule has 2 N–H and O–H groups in total. The van der Waals surface area contributed by atoms with Gasteiger partial charge in [-0.15, -0.1) is 0 Å². The first kappa shape index (κ1) is 12.6. The Morgan fingerprint density at radius 2 is 2.00 bits per heavy atom. The third-order valence-corrected chi connectivity index (χ3v) is 3.74. The molecule has 1 fully saturated rings. The molecule has 0 atom stereocenters. The molecule has 1 aromatic carbocycles. The second-order valence-electron chi connectivity index (χ2n) is 5.23. The highest BCUT2D eigenvalue weighted by molar-refractivity contribution is 5.74. The Kier molecular flexibility index (Phi) is 4.05. The summed E-state index contributed by atoms with van der Waals surface area (Å²) in [6.07, 6.45) is 3.99. The minimum atomic E-state index is 0.906. The lowest BCUT2D eigenvalue weighted by atomic mass is 10.2. The van der Waals surface area contributed by atoms with Crippen LogP contribution in [0.15, 0.2) is 18.2 Å². The van der Waals surface area contributed by atoms with Gasteiger partial charge in [-0.05, 0) is 63.1 Å². The monoisotopic (exact) mass is 259 g/mol. The molecule has 0 amide bonds. The van der Waals surface area contributed by atoms with Gasteiger partial charge < -0.3 is 10.2 Å². The highest BCUT2D eigenvalue weighted by Crippen LogP contribution is 2.10. The largest absolute Gasteiger partial charge is 0.313 e. The molecule has 0 radical (unpaired) electrons. The molecule has 2 heterocycles. The molecule has 1 saturated heterocycles. The molecule has 2 aromatic rings. The third kappa shape index (κ3) is 3.30. The van der Waals surface area contributed by atoms with E-state index in [0.717, 1.165) is 24.1 Å². The molecule has 0 aliphatic carbocycles. The van der Waals surface area contributed by atoms with Crippen molar-refractivity contribution in [2.75, 3.05) is 26.2 Å². The molecule has 1 aromatic heterocycles. The van der Waals surface area contributed by atoms with E-state index in [0.29, 0.717) is 0 Å². The van der Waals surface area contributed by atoms with Gasteiger partial charge in [-0.2, -0.15) is 15.4 Å². The molecule has 1 aliphatic rings. The summed E-state index contributed by atoms with van der Waals surface area (Å²) < 4.78 is 0. The second-order valence-corrected chi connectivity index (χ2v) is 5.23. The number of nitrogens with one attached hydrogen (secondary N) is 2. The standard InChI is InChI=1S/C14H21N5/c1-2-8-19(7-1)9-3-6-15-11-12-4-5-13-14(10-12)17-18-16-13/h4-5,10,15H,1-3,6-9,11H2,(H,16,17,18).